The summed E-state index contributed by atoms with van der Waals surface area (Å²) in [7, 11) is 1.63. The Bertz CT molecular complexity index is 1720. The van der Waals surface area contributed by atoms with Gasteiger partial charge in [0.2, 0.25) is 5.91 Å². The van der Waals surface area contributed by atoms with Gasteiger partial charge in [0, 0.05) is 48.6 Å². The van der Waals surface area contributed by atoms with Crippen LogP contribution in [0, 0.1) is 12.8 Å². The molecule has 0 spiro atoms. The third kappa shape index (κ3) is 4.76. The van der Waals surface area contributed by atoms with Crippen LogP contribution in [0.15, 0.2) is 30.3 Å². The van der Waals surface area contributed by atoms with Gasteiger partial charge in [0.05, 0.1) is 30.2 Å². The fourth-order valence-corrected chi connectivity index (χ4v) is 7.52. The van der Waals surface area contributed by atoms with Gasteiger partial charge in [0.25, 0.3) is 5.91 Å². The van der Waals surface area contributed by atoms with Crippen LogP contribution in [0.1, 0.15) is 86.1 Å². The first kappa shape index (κ1) is 27.9. The van der Waals surface area contributed by atoms with E-state index in [2.05, 4.69) is 22.0 Å². The van der Waals surface area contributed by atoms with Crippen molar-refractivity contribution in [1.29, 1.82) is 0 Å². The number of nitrogens with one attached hydrogen (secondary N) is 1. The molecule has 0 unspecified atom stereocenters. The molecule has 10 heteroatoms. The van der Waals surface area contributed by atoms with Crippen molar-refractivity contribution in [1.82, 2.24) is 29.2 Å². The monoisotopic (exact) mass is 583 g/mol. The largest absolute Gasteiger partial charge is 0.482 e. The van der Waals surface area contributed by atoms with E-state index in [1.165, 1.54) is 0 Å². The quantitative estimate of drug-likeness (QED) is 0.359. The number of piperidine rings is 1. The molecule has 43 heavy (non-hydrogen) atoms. The van der Waals surface area contributed by atoms with Crippen LogP contribution in [0.25, 0.3) is 28.1 Å². The SMILES string of the molecule is COc1cc(C(=O)N2C[C@H]3CC[C@@H]2[C@@H]3N)cc2nc(-c3cc4ccc5nc4n3CCCCCCCC(=O)N[C@@H]5C)c(C)n12. The molecule has 1 saturated carbocycles. The van der Waals surface area contributed by atoms with E-state index in [0.717, 1.165) is 85.3 Å². The number of likely N-dealkylation sites (tertiary alicyclic amines) is 1. The van der Waals surface area contributed by atoms with Gasteiger partial charge in [0.15, 0.2) is 5.88 Å². The summed E-state index contributed by atoms with van der Waals surface area (Å²) in [5, 5.41) is 4.15. The molecule has 226 valence electrons. The van der Waals surface area contributed by atoms with E-state index in [9.17, 15) is 9.59 Å². The number of aromatic nitrogens is 4. The van der Waals surface area contributed by atoms with E-state index in [1.54, 1.807) is 7.11 Å². The van der Waals surface area contributed by atoms with Crippen LogP contribution in [0.5, 0.6) is 5.88 Å². The van der Waals surface area contributed by atoms with Crippen LogP contribution in [-0.2, 0) is 11.3 Å². The minimum absolute atomic E-state index is 0.00846. The lowest BCUT2D eigenvalue weighted by Crippen LogP contribution is -2.41. The van der Waals surface area contributed by atoms with Gasteiger partial charge in [-0.3, -0.25) is 14.0 Å². The fourth-order valence-electron chi connectivity index (χ4n) is 7.52. The number of aryl methyl sites for hydroxylation is 2. The summed E-state index contributed by atoms with van der Waals surface area (Å²) in [6.45, 7) is 5.57. The molecule has 4 aromatic heterocycles. The maximum Gasteiger partial charge on any atom is 0.254 e. The number of carbonyl (C=O) groups excluding carboxylic acids is 2. The van der Waals surface area contributed by atoms with E-state index in [1.807, 2.05) is 41.3 Å². The predicted molar refractivity (Wildman–Crippen MR) is 165 cm³/mol. The maximum absolute atomic E-state index is 13.7. The van der Waals surface area contributed by atoms with Crippen molar-refractivity contribution in [2.75, 3.05) is 13.7 Å². The summed E-state index contributed by atoms with van der Waals surface area (Å²) >= 11 is 0. The van der Waals surface area contributed by atoms with Crippen molar-refractivity contribution in [3.8, 4) is 17.3 Å². The van der Waals surface area contributed by atoms with Gasteiger partial charge in [-0.1, -0.05) is 19.3 Å². The Morgan fingerprint density at radius 3 is 2.65 bits per heavy atom. The third-order valence-corrected chi connectivity index (χ3v) is 9.90. The molecule has 6 heterocycles. The number of amides is 2. The van der Waals surface area contributed by atoms with Crippen LogP contribution >= 0.6 is 0 Å². The van der Waals surface area contributed by atoms with Gasteiger partial charge in [0.1, 0.15) is 17.0 Å². The van der Waals surface area contributed by atoms with E-state index >= 15 is 0 Å². The van der Waals surface area contributed by atoms with Crippen LogP contribution in [-0.4, -0.2) is 61.4 Å². The summed E-state index contributed by atoms with van der Waals surface area (Å²) in [4.78, 5) is 38.3. The van der Waals surface area contributed by atoms with Gasteiger partial charge in [-0.25, -0.2) is 9.97 Å². The number of carbonyl (C=O) groups is 2. The zero-order chi connectivity index (χ0) is 29.8. The minimum Gasteiger partial charge on any atom is -0.482 e. The summed E-state index contributed by atoms with van der Waals surface area (Å²) in [5.41, 5.74) is 12.2. The van der Waals surface area contributed by atoms with Crippen molar-refractivity contribution in [3.05, 3.63) is 47.3 Å². The number of rotatable bonds is 3. The average Bonchev–Trinajstić information content (AvgIpc) is 3.74. The Hall–Kier alpha value is -3.92. The van der Waals surface area contributed by atoms with Crippen molar-refractivity contribution in [2.45, 2.75) is 89.9 Å². The molecule has 7 rings (SSSR count). The molecule has 0 radical (unpaired) electrons. The molecular formula is C33H41N7O3. The zero-order valence-electron chi connectivity index (χ0n) is 25.3. The summed E-state index contributed by atoms with van der Waals surface area (Å²) in [5.74, 6) is 1.03. The van der Waals surface area contributed by atoms with Gasteiger partial charge >= 0.3 is 0 Å². The van der Waals surface area contributed by atoms with Crippen LogP contribution in [0.3, 0.4) is 0 Å². The molecule has 1 saturated heterocycles. The second kappa shape index (κ2) is 11.0. The second-order valence-corrected chi connectivity index (χ2v) is 12.6. The standard InChI is InChI=1S/C33H41N7O3/c1-19-24-12-10-21-15-26(38(32(21)36-24)14-8-6-4-5-7-9-28(41)35-19)31-20(2)40-27(37-31)16-23(17-29(40)43-3)33(42)39-18-22-11-13-25(39)30(22)34/h10,12,15-17,19,22,25,30H,4-9,11,13-14,18,34H2,1-3H3,(H,35,41)/t19-,22-,25-,30-/m1/s1. The number of imidazole rings is 1. The number of fused-ring (bicyclic) bond motifs is 4. The van der Waals surface area contributed by atoms with Crippen molar-refractivity contribution in [3.63, 3.8) is 0 Å². The minimum atomic E-state index is -0.177. The number of ether oxygens (including phenoxy) is 1. The van der Waals surface area contributed by atoms with E-state index in [4.69, 9.17) is 20.4 Å². The summed E-state index contributed by atoms with van der Waals surface area (Å²) < 4.78 is 10.1. The number of hydrogen-bond donors (Lipinski definition) is 2. The van der Waals surface area contributed by atoms with Gasteiger partial charge in [-0.05, 0) is 69.7 Å². The Morgan fingerprint density at radius 1 is 1.07 bits per heavy atom. The average molecular weight is 584 g/mol. The molecule has 4 bridgehead atoms. The second-order valence-electron chi connectivity index (χ2n) is 12.6. The lowest BCUT2D eigenvalue weighted by molar-refractivity contribution is -0.121. The van der Waals surface area contributed by atoms with E-state index in [0.29, 0.717) is 36.0 Å². The molecule has 2 aliphatic heterocycles. The molecule has 10 nitrogen and oxygen atoms in total. The molecule has 4 atom stereocenters. The predicted octanol–water partition coefficient (Wildman–Crippen LogP) is 4.76. The van der Waals surface area contributed by atoms with Crippen molar-refractivity contribution < 1.29 is 14.3 Å². The highest BCUT2D eigenvalue weighted by atomic mass is 16.5. The first-order chi connectivity index (χ1) is 20.8. The highest BCUT2D eigenvalue weighted by Crippen LogP contribution is 2.38. The smallest absolute Gasteiger partial charge is 0.254 e. The van der Waals surface area contributed by atoms with Gasteiger partial charge < -0.3 is 25.3 Å². The number of nitrogens with zero attached hydrogens (tertiary/aromatic N) is 5. The lowest BCUT2D eigenvalue weighted by atomic mass is 10.1. The van der Waals surface area contributed by atoms with Crippen LogP contribution in [0.4, 0.5) is 0 Å². The molecule has 3 N–H and O–H groups in total. The van der Waals surface area contributed by atoms with Crippen LogP contribution < -0.4 is 15.8 Å². The molecule has 1 aliphatic carbocycles. The number of hydrogen-bond acceptors (Lipinski definition) is 6. The Morgan fingerprint density at radius 2 is 1.88 bits per heavy atom. The molecule has 4 aromatic rings. The van der Waals surface area contributed by atoms with Crippen molar-refractivity contribution in [2.24, 2.45) is 11.7 Å². The highest BCUT2D eigenvalue weighted by Gasteiger charge is 2.47. The Balaban J connectivity index is 1.31. The van der Waals surface area contributed by atoms with Crippen molar-refractivity contribution >= 4 is 28.5 Å². The molecule has 2 fully saturated rings. The maximum atomic E-state index is 13.7. The van der Waals surface area contributed by atoms with E-state index in [-0.39, 0.29) is 29.9 Å². The highest BCUT2D eigenvalue weighted by molar-refractivity contribution is 5.96. The summed E-state index contributed by atoms with van der Waals surface area (Å²) in [6.07, 6.45) is 7.78. The molecular weight excluding hydrogens is 542 g/mol. The third-order valence-electron chi connectivity index (χ3n) is 9.90. The van der Waals surface area contributed by atoms with Crippen LogP contribution in [0.2, 0.25) is 0 Å². The zero-order valence-corrected chi connectivity index (χ0v) is 25.3. The lowest BCUT2D eigenvalue weighted by Gasteiger charge is -2.27. The molecule has 3 aliphatic rings. The first-order valence-electron chi connectivity index (χ1n) is 15.8. The van der Waals surface area contributed by atoms with Gasteiger partial charge in [-0.15, -0.1) is 0 Å². The number of pyridine rings is 2. The topological polar surface area (TPSA) is 120 Å². The molecule has 2 amide bonds. The molecule has 0 aromatic carbocycles. The Labute approximate surface area is 251 Å². The summed E-state index contributed by atoms with van der Waals surface area (Å²) in [6, 6.07) is 9.94. The fraction of sp³-hybridized carbons (Fsp3) is 0.515. The van der Waals surface area contributed by atoms with Gasteiger partial charge in [-0.2, -0.15) is 0 Å². The van der Waals surface area contributed by atoms with E-state index < -0.39 is 0 Å². The normalized spacial score (nSPS) is 24.6. The number of methoxy groups -OCH3 is 1. The Kier molecular flexibility index (Phi) is 7.12. The first-order valence-corrected chi connectivity index (χ1v) is 15.8. The number of nitrogens with two attached hydrogens (primary N) is 1.